The lowest BCUT2D eigenvalue weighted by Gasteiger charge is -2.11. The van der Waals surface area contributed by atoms with Crippen molar-refractivity contribution in [3.05, 3.63) is 62.9 Å². The lowest BCUT2D eigenvalue weighted by molar-refractivity contribution is 0.287. The Balaban J connectivity index is 1.52. The molecule has 0 unspecified atom stereocenters. The topological polar surface area (TPSA) is 75.0 Å². The molecule has 0 aliphatic heterocycles. The van der Waals surface area contributed by atoms with Gasteiger partial charge in [-0.15, -0.1) is 5.10 Å². The zero-order valence-electron chi connectivity index (χ0n) is 20.5. The second kappa shape index (κ2) is 11.8. The van der Waals surface area contributed by atoms with Gasteiger partial charge in [-0.3, -0.25) is 4.79 Å². The first kappa shape index (κ1) is 24.7. The van der Waals surface area contributed by atoms with E-state index in [-0.39, 0.29) is 5.56 Å². The molecule has 0 fully saturated rings. The van der Waals surface area contributed by atoms with Crippen LogP contribution in [0.4, 0.5) is 0 Å². The van der Waals surface area contributed by atoms with Gasteiger partial charge in [0.1, 0.15) is 5.75 Å². The van der Waals surface area contributed by atoms with Crippen LogP contribution < -0.4 is 24.3 Å². The van der Waals surface area contributed by atoms with Crippen LogP contribution in [0.3, 0.4) is 0 Å². The van der Waals surface area contributed by atoms with Crippen LogP contribution in [0.15, 0.2) is 47.3 Å². The van der Waals surface area contributed by atoms with Crippen molar-refractivity contribution in [3.63, 3.8) is 0 Å². The number of fused-ring (bicyclic) bond motifs is 1. The molecule has 0 saturated carbocycles. The molecule has 2 aromatic heterocycles. The third-order valence-electron chi connectivity index (χ3n) is 5.43. The number of nitrogens with zero attached hydrogens (tertiary/aromatic N) is 3. The van der Waals surface area contributed by atoms with E-state index in [1.807, 2.05) is 62.4 Å². The number of aromatic nitrogens is 3. The molecule has 2 heterocycles. The molecule has 184 valence electrons. The summed E-state index contributed by atoms with van der Waals surface area (Å²) in [5.74, 6) is 2.70. The summed E-state index contributed by atoms with van der Waals surface area (Å²) >= 11 is 1.31. The predicted octanol–water partition coefficient (Wildman–Crippen LogP) is 5.12. The van der Waals surface area contributed by atoms with Gasteiger partial charge in [0.15, 0.2) is 17.3 Å². The molecule has 0 radical (unpaired) electrons. The van der Waals surface area contributed by atoms with Crippen LogP contribution in [0.1, 0.15) is 52.0 Å². The van der Waals surface area contributed by atoms with Gasteiger partial charge in [-0.1, -0.05) is 43.6 Å². The van der Waals surface area contributed by atoms with Gasteiger partial charge in [-0.25, -0.2) is 0 Å². The van der Waals surface area contributed by atoms with E-state index in [1.54, 1.807) is 0 Å². The summed E-state index contributed by atoms with van der Waals surface area (Å²) in [4.78, 5) is 18.1. The molecule has 0 N–H and O–H groups in total. The minimum Gasteiger partial charge on any atom is -0.494 e. The van der Waals surface area contributed by atoms with Crippen molar-refractivity contribution >= 4 is 22.4 Å². The second-order valence-corrected chi connectivity index (χ2v) is 9.06. The van der Waals surface area contributed by atoms with Crippen LogP contribution in [-0.2, 0) is 0 Å². The summed E-state index contributed by atoms with van der Waals surface area (Å²) in [5.41, 5.74) is 1.50. The normalized spacial score (nSPS) is 11.8. The van der Waals surface area contributed by atoms with E-state index >= 15 is 0 Å². The van der Waals surface area contributed by atoms with Crippen molar-refractivity contribution in [2.75, 3.05) is 19.8 Å². The van der Waals surface area contributed by atoms with Gasteiger partial charge in [-0.05, 0) is 68.3 Å². The van der Waals surface area contributed by atoms with Crippen LogP contribution in [0.25, 0.3) is 22.4 Å². The smallest absolute Gasteiger partial charge is 0.291 e. The molecule has 4 rings (SSSR count). The van der Waals surface area contributed by atoms with E-state index in [0.717, 1.165) is 29.9 Å². The standard InChI is InChI=1S/C27H31N3O4S/c1-4-7-8-9-16-34-21-13-11-20(12-14-21)25-28-27-30(29-25)26(31)24(35-27)18-19-10-15-22(32-5-2)23(17-19)33-6-3/h10-15,17-18H,4-9,16H2,1-3H3. The minimum absolute atomic E-state index is 0.192. The molecule has 0 aliphatic carbocycles. The molecule has 2 aromatic carbocycles. The van der Waals surface area contributed by atoms with Crippen molar-refractivity contribution in [3.8, 4) is 28.6 Å². The van der Waals surface area contributed by atoms with Gasteiger partial charge in [0.05, 0.1) is 24.4 Å². The average Bonchev–Trinajstić information content (AvgIpc) is 3.40. The summed E-state index contributed by atoms with van der Waals surface area (Å²) in [6, 6.07) is 13.3. The van der Waals surface area contributed by atoms with E-state index in [2.05, 4.69) is 17.0 Å². The molecule has 0 saturated heterocycles. The Labute approximate surface area is 209 Å². The van der Waals surface area contributed by atoms with Gasteiger partial charge in [0, 0.05) is 5.56 Å². The highest BCUT2D eigenvalue weighted by Gasteiger charge is 2.13. The number of hydrogen-bond acceptors (Lipinski definition) is 7. The van der Waals surface area contributed by atoms with Crippen molar-refractivity contribution in [1.82, 2.24) is 14.6 Å². The van der Waals surface area contributed by atoms with Gasteiger partial charge < -0.3 is 14.2 Å². The zero-order chi connectivity index (χ0) is 24.6. The molecule has 35 heavy (non-hydrogen) atoms. The van der Waals surface area contributed by atoms with Gasteiger partial charge in [-0.2, -0.15) is 9.50 Å². The van der Waals surface area contributed by atoms with Crippen molar-refractivity contribution in [2.45, 2.75) is 46.5 Å². The summed E-state index contributed by atoms with van der Waals surface area (Å²) in [6.07, 6.45) is 6.52. The Hall–Kier alpha value is -3.39. The highest BCUT2D eigenvalue weighted by Crippen LogP contribution is 2.29. The van der Waals surface area contributed by atoms with Gasteiger partial charge >= 0.3 is 0 Å². The summed E-state index contributed by atoms with van der Waals surface area (Å²) in [5, 5.41) is 4.45. The van der Waals surface area contributed by atoms with E-state index in [4.69, 9.17) is 14.2 Å². The van der Waals surface area contributed by atoms with Crippen LogP contribution in [0, 0.1) is 0 Å². The van der Waals surface area contributed by atoms with E-state index in [9.17, 15) is 4.79 Å². The molecule has 4 aromatic rings. The fourth-order valence-electron chi connectivity index (χ4n) is 3.68. The Kier molecular flexibility index (Phi) is 8.36. The second-order valence-electron chi connectivity index (χ2n) is 8.05. The summed E-state index contributed by atoms with van der Waals surface area (Å²) in [6.45, 7) is 7.86. The minimum atomic E-state index is -0.192. The molecule has 0 atom stereocenters. The molecular weight excluding hydrogens is 462 g/mol. The van der Waals surface area contributed by atoms with Crippen LogP contribution in [0.5, 0.6) is 17.2 Å². The Bertz CT molecular complexity index is 1360. The highest BCUT2D eigenvalue weighted by molar-refractivity contribution is 7.15. The first-order valence-corrected chi connectivity index (χ1v) is 13.0. The number of ether oxygens (including phenoxy) is 3. The number of hydrogen-bond donors (Lipinski definition) is 0. The fourth-order valence-corrected chi connectivity index (χ4v) is 4.59. The maximum Gasteiger partial charge on any atom is 0.291 e. The third kappa shape index (κ3) is 6.00. The molecule has 8 heteroatoms. The Morgan fingerprint density at radius 3 is 2.40 bits per heavy atom. The lowest BCUT2D eigenvalue weighted by Crippen LogP contribution is -2.23. The van der Waals surface area contributed by atoms with E-state index < -0.39 is 0 Å². The first-order valence-electron chi connectivity index (χ1n) is 12.2. The highest BCUT2D eigenvalue weighted by atomic mass is 32.1. The molecule has 0 amide bonds. The fraction of sp³-hybridized carbons (Fsp3) is 0.370. The van der Waals surface area contributed by atoms with Gasteiger partial charge in [0.2, 0.25) is 4.96 Å². The van der Waals surface area contributed by atoms with Crippen molar-refractivity contribution in [2.24, 2.45) is 0 Å². The molecule has 0 aliphatic rings. The number of benzene rings is 2. The number of rotatable bonds is 12. The third-order valence-corrected chi connectivity index (χ3v) is 6.39. The lowest BCUT2D eigenvalue weighted by atomic mass is 10.2. The maximum absolute atomic E-state index is 13.0. The largest absolute Gasteiger partial charge is 0.494 e. The Morgan fingerprint density at radius 2 is 1.69 bits per heavy atom. The van der Waals surface area contributed by atoms with Crippen LogP contribution >= 0.6 is 11.3 Å². The maximum atomic E-state index is 13.0. The zero-order valence-corrected chi connectivity index (χ0v) is 21.3. The monoisotopic (exact) mass is 493 g/mol. The molecule has 0 spiro atoms. The van der Waals surface area contributed by atoms with E-state index in [1.165, 1.54) is 35.1 Å². The first-order chi connectivity index (χ1) is 17.1. The van der Waals surface area contributed by atoms with Crippen LogP contribution in [0.2, 0.25) is 0 Å². The van der Waals surface area contributed by atoms with Crippen molar-refractivity contribution in [1.29, 1.82) is 0 Å². The van der Waals surface area contributed by atoms with Crippen LogP contribution in [-0.4, -0.2) is 34.4 Å². The quantitative estimate of drug-likeness (QED) is 0.255. The summed E-state index contributed by atoms with van der Waals surface area (Å²) in [7, 11) is 0. The van der Waals surface area contributed by atoms with Crippen molar-refractivity contribution < 1.29 is 14.2 Å². The summed E-state index contributed by atoms with van der Waals surface area (Å²) < 4.78 is 19.0. The average molecular weight is 494 g/mol. The predicted molar refractivity (Wildman–Crippen MR) is 140 cm³/mol. The molecular formula is C27H31N3O4S. The van der Waals surface area contributed by atoms with Gasteiger partial charge in [0.25, 0.3) is 5.56 Å². The Morgan fingerprint density at radius 1 is 0.914 bits per heavy atom. The van der Waals surface area contributed by atoms with E-state index in [0.29, 0.717) is 40.0 Å². The molecule has 0 bridgehead atoms. The number of unbranched alkanes of at least 4 members (excludes halogenated alkanes) is 3. The molecule has 7 nitrogen and oxygen atoms in total. The number of thiazole rings is 1. The SMILES string of the molecule is CCCCCCOc1ccc(-c2nc3sc(=Cc4ccc(OCC)c(OCC)c4)c(=O)n3n2)cc1.